The fourth-order valence-corrected chi connectivity index (χ4v) is 3.07. The summed E-state index contributed by atoms with van der Waals surface area (Å²) in [4.78, 5) is 11.5. The van der Waals surface area contributed by atoms with Crippen LogP contribution in [0, 0.1) is 18.8 Å². The molecule has 0 bridgehead atoms. The van der Waals surface area contributed by atoms with Gasteiger partial charge < -0.3 is 4.74 Å². The van der Waals surface area contributed by atoms with Crippen molar-refractivity contribution in [3.05, 3.63) is 70.3 Å². The Labute approximate surface area is 184 Å². The van der Waals surface area contributed by atoms with Crippen LogP contribution in [0.25, 0.3) is 0 Å². The molecule has 0 spiro atoms. The number of carbonyl (C=O) groups is 1. The summed E-state index contributed by atoms with van der Waals surface area (Å²) in [7, 11) is 0. The predicted molar refractivity (Wildman–Crippen MR) is 120 cm³/mol. The number of hydrogen-bond acceptors (Lipinski definition) is 2. The second-order valence-electron chi connectivity index (χ2n) is 8.61. The first-order chi connectivity index (χ1) is 14.4. The average Bonchev–Trinajstić information content (AvgIpc) is 2.68. The first-order valence-corrected chi connectivity index (χ1v) is 10.8. The Morgan fingerprint density at radius 1 is 0.968 bits per heavy atom. The molecule has 2 aromatic carbocycles. The molecule has 0 aromatic heterocycles. The maximum absolute atomic E-state index is 12.3. The monoisotopic (exact) mass is 436 g/mol. The first-order valence-electron chi connectivity index (χ1n) is 10.8. The highest BCUT2D eigenvalue weighted by Gasteiger charge is 2.30. The molecule has 0 fully saturated rings. The molecule has 0 aliphatic carbocycles. The lowest BCUT2D eigenvalue weighted by Crippen LogP contribution is -2.06. The normalized spacial score (nSPS) is 12.4. The van der Waals surface area contributed by atoms with Crippen molar-refractivity contribution in [1.82, 2.24) is 0 Å². The summed E-state index contributed by atoms with van der Waals surface area (Å²) in [6.07, 6.45) is -3.19. The van der Waals surface area contributed by atoms with Crippen LogP contribution >= 0.6 is 0 Å². The number of hydrogen-bond donors (Lipinski definition) is 0. The molecule has 2 rings (SSSR count). The standard InChI is InChI=1S/C14H20O2.C12H15F3/c1-5-16-14(15)13-7-6-12(8-10(2)3)11(4)9-13;1-8(2)9(3)10-4-6-11(7-5-10)12(13,14)15/h6-7,9-10H,5,8H2,1-4H3;4-9H,1-3H3/t;9-/m.1/s1. The molecule has 5 heteroatoms. The van der Waals surface area contributed by atoms with Gasteiger partial charge in [0.2, 0.25) is 0 Å². The van der Waals surface area contributed by atoms with Crippen molar-refractivity contribution in [3.63, 3.8) is 0 Å². The zero-order valence-corrected chi connectivity index (χ0v) is 19.6. The molecule has 2 nitrogen and oxygen atoms in total. The van der Waals surface area contributed by atoms with Gasteiger partial charge in [0, 0.05) is 0 Å². The third-order valence-corrected chi connectivity index (χ3v) is 5.25. The lowest BCUT2D eigenvalue weighted by molar-refractivity contribution is -0.137. The van der Waals surface area contributed by atoms with Crippen molar-refractivity contribution in [2.45, 2.75) is 67.0 Å². The zero-order chi connectivity index (χ0) is 23.8. The van der Waals surface area contributed by atoms with Gasteiger partial charge in [-0.2, -0.15) is 13.2 Å². The quantitative estimate of drug-likeness (QED) is 0.431. The summed E-state index contributed by atoms with van der Waals surface area (Å²) in [6.45, 7) is 14.8. The Morgan fingerprint density at radius 2 is 1.55 bits per heavy atom. The number of ether oxygens (including phenoxy) is 1. The van der Waals surface area contributed by atoms with Gasteiger partial charge in [-0.15, -0.1) is 0 Å². The lowest BCUT2D eigenvalue weighted by Gasteiger charge is -2.16. The van der Waals surface area contributed by atoms with E-state index in [0.29, 0.717) is 24.0 Å². The number of esters is 1. The van der Waals surface area contributed by atoms with E-state index in [0.717, 1.165) is 24.1 Å². The number of aryl methyl sites for hydroxylation is 1. The van der Waals surface area contributed by atoms with Crippen LogP contribution in [-0.4, -0.2) is 12.6 Å². The van der Waals surface area contributed by atoms with Crippen LogP contribution in [0.3, 0.4) is 0 Å². The van der Waals surface area contributed by atoms with Gasteiger partial charge in [0.15, 0.2) is 0 Å². The van der Waals surface area contributed by atoms with Gasteiger partial charge in [0.05, 0.1) is 17.7 Å². The predicted octanol–water partition coefficient (Wildman–Crippen LogP) is 7.84. The molecule has 1 atom stereocenters. The van der Waals surface area contributed by atoms with E-state index in [9.17, 15) is 18.0 Å². The van der Waals surface area contributed by atoms with Crippen LogP contribution < -0.4 is 0 Å². The van der Waals surface area contributed by atoms with Crippen LogP contribution in [0.1, 0.15) is 80.1 Å². The fourth-order valence-electron chi connectivity index (χ4n) is 3.07. The van der Waals surface area contributed by atoms with E-state index < -0.39 is 11.7 Å². The zero-order valence-electron chi connectivity index (χ0n) is 19.6. The summed E-state index contributed by atoms with van der Waals surface area (Å²) < 4.78 is 41.8. The second-order valence-corrected chi connectivity index (χ2v) is 8.61. The molecular weight excluding hydrogens is 401 g/mol. The summed E-state index contributed by atoms with van der Waals surface area (Å²) in [5.41, 5.74) is 3.49. The molecule has 0 amide bonds. The first kappa shape index (κ1) is 26.7. The van der Waals surface area contributed by atoms with Gasteiger partial charge in [-0.1, -0.05) is 52.8 Å². The lowest BCUT2D eigenvalue weighted by atomic mass is 9.90. The Bertz CT molecular complexity index is 822. The third kappa shape index (κ3) is 8.76. The molecule has 172 valence electrons. The van der Waals surface area contributed by atoms with Crippen LogP contribution in [0.2, 0.25) is 0 Å². The topological polar surface area (TPSA) is 26.3 Å². The van der Waals surface area contributed by atoms with Crippen LogP contribution in [0.5, 0.6) is 0 Å². The number of carbonyl (C=O) groups excluding carboxylic acids is 1. The van der Waals surface area contributed by atoms with E-state index in [1.54, 1.807) is 12.1 Å². The maximum atomic E-state index is 12.3. The molecule has 0 radical (unpaired) electrons. The molecule has 31 heavy (non-hydrogen) atoms. The molecule has 0 aliphatic rings. The minimum absolute atomic E-state index is 0.235. The van der Waals surface area contributed by atoms with Gasteiger partial charge in [-0.05, 0) is 79.0 Å². The fraction of sp³-hybridized carbons (Fsp3) is 0.500. The Balaban J connectivity index is 0.000000311. The minimum atomic E-state index is -4.24. The Kier molecular flexibility index (Phi) is 10.3. The molecule has 0 saturated carbocycles. The van der Waals surface area contributed by atoms with Crippen molar-refractivity contribution < 1.29 is 22.7 Å². The maximum Gasteiger partial charge on any atom is 0.416 e. The highest BCUT2D eigenvalue weighted by molar-refractivity contribution is 5.89. The molecule has 0 heterocycles. The smallest absolute Gasteiger partial charge is 0.416 e. The highest BCUT2D eigenvalue weighted by Crippen LogP contribution is 2.31. The molecule has 0 aliphatic heterocycles. The molecule has 0 saturated heterocycles. The Morgan fingerprint density at radius 3 is 1.97 bits per heavy atom. The van der Waals surface area contributed by atoms with E-state index in [1.165, 1.54) is 11.1 Å². The van der Waals surface area contributed by atoms with Gasteiger partial charge in [-0.25, -0.2) is 4.79 Å². The number of benzene rings is 2. The van der Waals surface area contributed by atoms with Gasteiger partial charge >= 0.3 is 12.1 Å². The van der Waals surface area contributed by atoms with Gasteiger partial charge in [0.1, 0.15) is 0 Å². The van der Waals surface area contributed by atoms with Crippen LogP contribution in [-0.2, 0) is 17.3 Å². The summed E-state index contributed by atoms with van der Waals surface area (Å²) in [5.74, 6) is 1.11. The van der Waals surface area contributed by atoms with Crippen LogP contribution in [0.15, 0.2) is 42.5 Å². The number of alkyl halides is 3. The molecule has 2 aromatic rings. The SMILES string of the molecule is CC(C)[C@@H](C)c1ccc(C(F)(F)F)cc1.CCOC(=O)c1ccc(CC(C)C)c(C)c1. The average molecular weight is 437 g/mol. The highest BCUT2D eigenvalue weighted by atomic mass is 19.4. The molecular formula is C26H35F3O2. The minimum Gasteiger partial charge on any atom is -0.462 e. The molecule has 0 N–H and O–H groups in total. The van der Waals surface area contributed by atoms with Gasteiger partial charge in [-0.3, -0.25) is 0 Å². The number of rotatable bonds is 6. The Hall–Kier alpha value is -2.30. The van der Waals surface area contributed by atoms with Crippen molar-refractivity contribution in [2.24, 2.45) is 11.8 Å². The van der Waals surface area contributed by atoms with Crippen molar-refractivity contribution >= 4 is 5.97 Å². The van der Waals surface area contributed by atoms with Crippen LogP contribution in [0.4, 0.5) is 13.2 Å². The van der Waals surface area contributed by atoms with Crippen molar-refractivity contribution in [2.75, 3.05) is 6.61 Å². The molecule has 0 unspecified atom stereocenters. The van der Waals surface area contributed by atoms with E-state index in [-0.39, 0.29) is 11.9 Å². The van der Waals surface area contributed by atoms with E-state index >= 15 is 0 Å². The van der Waals surface area contributed by atoms with E-state index in [4.69, 9.17) is 4.74 Å². The van der Waals surface area contributed by atoms with E-state index in [1.807, 2.05) is 39.0 Å². The number of halogens is 3. The van der Waals surface area contributed by atoms with Crippen molar-refractivity contribution in [1.29, 1.82) is 0 Å². The largest absolute Gasteiger partial charge is 0.462 e. The van der Waals surface area contributed by atoms with Crippen molar-refractivity contribution in [3.8, 4) is 0 Å². The third-order valence-electron chi connectivity index (χ3n) is 5.25. The second kappa shape index (κ2) is 11.9. The summed E-state index contributed by atoms with van der Waals surface area (Å²) in [5, 5.41) is 0. The van der Waals surface area contributed by atoms with Gasteiger partial charge in [0.25, 0.3) is 0 Å². The summed E-state index contributed by atoms with van der Waals surface area (Å²) in [6, 6.07) is 11.2. The van der Waals surface area contributed by atoms with E-state index in [2.05, 4.69) is 27.7 Å². The summed E-state index contributed by atoms with van der Waals surface area (Å²) >= 11 is 0.